The van der Waals surface area contributed by atoms with Crippen molar-refractivity contribution in [2.24, 2.45) is 0 Å². The van der Waals surface area contributed by atoms with E-state index in [2.05, 4.69) is 24.2 Å². The van der Waals surface area contributed by atoms with Crippen LogP contribution >= 0.6 is 0 Å². The molecule has 0 bridgehead atoms. The van der Waals surface area contributed by atoms with E-state index in [9.17, 15) is 9.90 Å². The molecule has 0 heterocycles. The predicted molar refractivity (Wildman–Crippen MR) is 89.0 cm³/mol. The number of nitrogens with one attached hydrogen (secondary N) is 1. The van der Waals surface area contributed by atoms with Gasteiger partial charge in [-0.05, 0) is 60.0 Å². The van der Waals surface area contributed by atoms with E-state index in [-0.39, 0.29) is 24.3 Å². The van der Waals surface area contributed by atoms with Gasteiger partial charge in [-0.15, -0.1) is 0 Å². The fourth-order valence-electron chi connectivity index (χ4n) is 3.02. The third-order valence-electron chi connectivity index (χ3n) is 4.17. The average Bonchev–Trinajstić information content (AvgIpc) is 2.38. The van der Waals surface area contributed by atoms with Crippen molar-refractivity contribution in [3.63, 3.8) is 0 Å². The van der Waals surface area contributed by atoms with Crippen LogP contribution in [0.15, 0.2) is 0 Å². The Kier molecular flexibility index (Phi) is 7.63. The largest absolute Gasteiger partial charge is 0.444 e. The van der Waals surface area contributed by atoms with Crippen LogP contribution in [0.3, 0.4) is 0 Å². The number of alkyl carbamates (subject to hydrolysis) is 1. The monoisotopic (exact) mass is 314 g/mol. The Morgan fingerprint density at radius 3 is 2.59 bits per heavy atom. The van der Waals surface area contributed by atoms with Gasteiger partial charge in [-0.2, -0.15) is 0 Å². The first-order chi connectivity index (χ1) is 10.2. The number of hydrogen-bond donors (Lipinski definition) is 2. The van der Waals surface area contributed by atoms with E-state index < -0.39 is 5.60 Å². The zero-order valence-corrected chi connectivity index (χ0v) is 14.9. The summed E-state index contributed by atoms with van der Waals surface area (Å²) in [5, 5.41) is 13.0. The minimum atomic E-state index is -0.485. The second-order valence-corrected chi connectivity index (χ2v) is 7.47. The van der Waals surface area contributed by atoms with E-state index in [0.717, 1.165) is 25.8 Å². The van der Waals surface area contributed by atoms with Gasteiger partial charge in [0.25, 0.3) is 0 Å². The van der Waals surface area contributed by atoms with E-state index in [0.29, 0.717) is 6.42 Å². The fraction of sp³-hybridized carbons (Fsp3) is 0.941. The summed E-state index contributed by atoms with van der Waals surface area (Å²) in [7, 11) is 2.09. The molecule has 0 spiro atoms. The summed E-state index contributed by atoms with van der Waals surface area (Å²) in [6.07, 6.45) is 5.17. The lowest BCUT2D eigenvalue weighted by Crippen LogP contribution is -2.55. The van der Waals surface area contributed by atoms with E-state index in [1.807, 2.05) is 20.8 Å². The quantitative estimate of drug-likeness (QED) is 0.740. The van der Waals surface area contributed by atoms with E-state index in [4.69, 9.17) is 4.74 Å². The molecule has 3 atom stereocenters. The molecule has 1 aliphatic carbocycles. The number of likely N-dealkylation sites (N-methyl/N-ethyl adjacent to an activating group) is 1. The number of hydrogen-bond acceptors (Lipinski definition) is 4. The first-order valence-electron chi connectivity index (χ1n) is 8.60. The number of rotatable bonds is 6. The van der Waals surface area contributed by atoms with Crippen LogP contribution in [-0.2, 0) is 4.74 Å². The number of carbonyl (C=O) groups is 1. The van der Waals surface area contributed by atoms with E-state index >= 15 is 0 Å². The first-order valence-corrected chi connectivity index (χ1v) is 8.60. The topological polar surface area (TPSA) is 61.8 Å². The van der Waals surface area contributed by atoms with Crippen LogP contribution in [0.1, 0.15) is 66.2 Å². The number of aliphatic hydroxyl groups excluding tert-OH is 1. The Hall–Kier alpha value is -0.810. The van der Waals surface area contributed by atoms with Gasteiger partial charge in [-0.3, -0.25) is 0 Å². The number of ether oxygens (including phenoxy) is 1. The van der Waals surface area contributed by atoms with Crippen molar-refractivity contribution in [3.8, 4) is 0 Å². The maximum atomic E-state index is 12.0. The normalized spacial score (nSPS) is 26.0. The van der Waals surface area contributed by atoms with Gasteiger partial charge in [-0.1, -0.05) is 19.8 Å². The molecule has 0 aromatic carbocycles. The molecule has 5 nitrogen and oxygen atoms in total. The van der Waals surface area contributed by atoms with Crippen molar-refractivity contribution >= 4 is 6.09 Å². The highest BCUT2D eigenvalue weighted by atomic mass is 16.6. The molecule has 1 fully saturated rings. The molecule has 130 valence electrons. The van der Waals surface area contributed by atoms with E-state index in [1.54, 1.807) is 0 Å². The SMILES string of the molecule is CCCCCN(C)C1CC(O)CCC1NC(=O)OC(C)(C)C. The zero-order chi connectivity index (χ0) is 16.8. The summed E-state index contributed by atoms with van der Waals surface area (Å²) < 4.78 is 5.36. The predicted octanol–water partition coefficient (Wildman–Crippen LogP) is 2.92. The first kappa shape index (κ1) is 19.2. The van der Waals surface area contributed by atoms with Crippen LogP contribution in [0, 0.1) is 0 Å². The highest BCUT2D eigenvalue weighted by molar-refractivity contribution is 5.68. The van der Waals surface area contributed by atoms with Crippen LogP contribution in [0.4, 0.5) is 4.79 Å². The van der Waals surface area contributed by atoms with E-state index in [1.165, 1.54) is 12.8 Å². The molecule has 0 saturated heterocycles. The van der Waals surface area contributed by atoms with Gasteiger partial charge in [0.15, 0.2) is 0 Å². The Balaban J connectivity index is 2.58. The molecule has 1 rings (SSSR count). The molecule has 3 unspecified atom stereocenters. The molecule has 2 N–H and O–H groups in total. The smallest absolute Gasteiger partial charge is 0.407 e. The summed E-state index contributed by atoms with van der Waals surface area (Å²) >= 11 is 0. The van der Waals surface area contributed by atoms with Gasteiger partial charge in [0.2, 0.25) is 0 Å². The Morgan fingerprint density at radius 2 is 2.00 bits per heavy atom. The summed E-state index contributed by atoms with van der Waals surface area (Å²) in [6.45, 7) is 8.79. The number of amides is 1. The molecule has 22 heavy (non-hydrogen) atoms. The Labute approximate surface area is 135 Å². The van der Waals surface area contributed by atoms with Crippen molar-refractivity contribution in [3.05, 3.63) is 0 Å². The van der Waals surface area contributed by atoms with Crippen molar-refractivity contribution in [1.29, 1.82) is 0 Å². The number of carbonyl (C=O) groups excluding carboxylic acids is 1. The summed E-state index contributed by atoms with van der Waals surface area (Å²) in [5.41, 5.74) is -0.485. The minimum Gasteiger partial charge on any atom is -0.444 e. The standard InChI is InChI=1S/C17H34N2O3/c1-6-7-8-11-19(5)15-12-13(20)9-10-14(15)18-16(21)22-17(2,3)4/h13-15,20H,6-12H2,1-5H3,(H,18,21). The van der Waals surface area contributed by atoms with Crippen molar-refractivity contribution in [1.82, 2.24) is 10.2 Å². The number of unbranched alkanes of at least 4 members (excludes halogenated alkanes) is 2. The summed E-state index contributed by atoms with van der Waals surface area (Å²) in [6, 6.07) is 0.220. The van der Waals surface area contributed by atoms with Gasteiger partial charge >= 0.3 is 6.09 Å². The van der Waals surface area contributed by atoms with Crippen molar-refractivity contribution < 1.29 is 14.6 Å². The van der Waals surface area contributed by atoms with Crippen LogP contribution in [-0.4, -0.2) is 53.5 Å². The van der Waals surface area contributed by atoms with Crippen LogP contribution in [0.25, 0.3) is 0 Å². The molecule has 0 aromatic heterocycles. The van der Waals surface area contributed by atoms with Gasteiger partial charge in [-0.25, -0.2) is 4.79 Å². The zero-order valence-electron chi connectivity index (χ0n) is 14.9. The van der Waals surface area contributed by atoms with Crippen molar-refractivity contribution in [2.75, 3.05) is 13.6 Å². The van der Waals surface area contributed by atoms with Crippen LogP contribution in [0.5, 0.6) is 0 Å². The van der Waals surface area contributed by atoms with Crippen molar-refractivity contribution in [2.45, 2.75) is 90.0 Å². The van der Waals surface area contributed by atoms with Gasteiger partial charge in [0, 0.05) is 12.1 Å². The average molecular weight is 314 g/mol. The second-order valence-electron chi connectivity index (χ2n) is 7.47. The molecule has 0 aliphatic heterocycles. The highest BCUT2D eigenvalue weighted by Crippen LogP contribution is 2.24. The highest BCUT2D eigenvalue weighted by Gasteiger charge is 2.34. The minimum absolute atomic E-state index is 0.0462. The summed E-state index contributed by atoms with van der Waals surface area (Å²) in [4.78, 5) is 14.3. The second kappa shape index (κ2) is 8.73. The molecule has 1 aliphatic rings. The molecule has 5 heteroatoms. The number of aliphatic hydroxyl groups is 1. The van der Waals surface area contributed by atoms with Gasteiger partial charge < -0.3 is 20.1 Å². The van der Waals surface area contributed by atoms with Crippen LogP contribution in [0.2, 0.25) is 0 Å². The Morgan fingerprint density at radius 1 is 1.32 bits per heavy atom. The molecule has 1 saturated carbocycles. The molecular formula is C17H34N2O3. The third-order valence-corrected chi connectivity index (χ3v) is 4.17. The van der Waals surface area contributed by atoms with Gasteiger partial charge in [0.05, 0.1) is 6.10 Å². The maximum absolute atomic E-state index is 12.0. The van der Waals surface area contributed by atoms with Crippen LogP contribution < -0.4 is 5.32 Å². The molecular weight excluding hydrogens is 280 g/mol. The summed E-state index contributed by atoms with van der Waals surface area (Å²) in [5.74, 6) is 0. The lowest BCUT2D eigenvalue weighted by atomic mass is 9.87. The molecule has 1 amide bonds. The maximum Gasteiger partial charge on any atom is 0.407 e. The molecule has 0 radical (unpaired) electrons. The lowest BCUT2D eigenvalue weighted by molar-refractivity contribution is 0.0283. The fourth-order valence-corrected chi connectivity index (χ4v) is 3.02. The Bertz CT molecular complexity index is 341. The molecule has 0 aromatic rings. The van der Waals surface area contributed by atoms with Gasteiger partial charge in [0.1, 0.15) is 5.60 Å². The lowest BCUT2D eigenvalue weighted by Gasteiger charge is -2.40. The number of nitrogens with zero attached hydrogens (tertiary/aromatic N) is 1. The third kappa shape index (κ3) is 6.97.